The molecule has 3 nitrogen and oxygen atoms in total. The van der Waals surface area contributed by atoms with Crippen LogP contribution in [0.2, 0.25) is 0 Å². The highest BCUT2D eigenvalue weighted by molar-refractivity contribution is 4.81. The Bertz CT molecular complexity index is 198. The van der Waals surface area contributed by atoms with Crippen molar-refractivity contribution in [3.63, 3.8) is 0 Å². The molecule has 3 heteroatoms. The maximum absolute atomic E-state index is 5.81. The smallest absolute Gasteiger partial charge is 0.0678 e. The highest BCUT2D eigenvalue weighted by atomic mass is 16.5. The van der Waals surface area contributed by atoms with Gasteiger partial charge in [-0.2, -0.15) is 0 Å². The zero-order valence-electron chi connectivity index (χ0n) is 12.2. The zero-order chi connectivity index (χ0) is 12.8. The highest BCUT2D eigenvalue weighted by Gasteiger charge is 2.27. The first-order valence-corrected chi connectivity index (χ1v) is 7.15. The molecule has 3 unspecified atom stereocenters. The van der Waals surface area contributed by atoms with Crippen LogP contribution in [0.4, 0.5) is 0 Å². The van der Waals surface area contributed by atoms with E-state index in [1.54, 1.807) is 0 Å². The summed E-state index contributed by atoms with van der Waals surface area (Å²) in [5.41, 5.74) is 0. The largest absolute Gasteiger partial charge is 0.373 e. The fourth-order valence-electron chi connectivity index (χ4n) is 2.63. The van der Waals surface area contributed by atoms with Gasteiger partial charge in [-0.25, -0.2) is 0 Å². The summed E-state index contributed by atoms with van der Waals surface area (Å²) in [7, 11) is 0. The van der Waals surface area contributed by atoms with Crippen molar-refractivity contribution in [2.75, 3.05) is 19.6 Å². The van der Waals surface area contributed by atoms with Crippen LogP contribution in [0.25, 0.3) is 0 Å². The summed E-state index contributed by atoms with van der Waals surface area (Å²) in [5.74, 6) is 0. The van der Waals surface area contributed by atoms with E-state index in [1.807, 2.05) is 0 Å². The number of morpholine rings is 1. The van der Waals surface area contributed by atoms with Gasteiger partial charge in [0.2, 0.25) is 0 Å². The summed E-state index contributed by atoms with van der Waals surface area (Å²) in [4.78, 5) is 2.61. The molecule has 0 aromatic rings. The van der Waals surface area contributed by atoms with Gasteiger partial charge in [0.1, 0.15) is 0 Å². The van der Waals surface area contributed by atoms with Crippen molar-refractivity contribution in [3.05, 3.63) is 0 Å². The summed E-state index contributed by atoms with van der Waals surface area (Å²) >= 11 is 0. The second-order valence-electron chi connectivity index (χ2n) is 5.72. The normalized spacial score (nSPS) is 28.6. The summed E-state index contributed by atoms with van der Waals surface area (Å²) < 4.78 is 5.81. The van der Waals surface area contributed by atoms with E-state index in [1.165, 1.54) is 12.8 Å². The van der Waals surface area contributed by atoms with E-state index in [4.69, 9.17) is 4.74 Å². The van der Waals surface area contributed by atoms with Crippen molar-refractivity contribution in [2.45, 2.75) is 71.8 Å². The van der Waals surface area contributed by atoms with Crippen molar-refractivity contribution in [1.29, 1.82) is 0 Å². The second-order valence-corrected chi connectivity index (χ2v) is 5.72. The molecule has 3 atom stereocenters. The van der Waals surface area contributed by atoms with Crippen molar-refractivity contribution in [1.82, 2.24) is 10.2 Å². The Labute approximate surface area is 107 Å². The third-order valence-electron chi connectivity index (χ3n) is 3.35. The molecule has 0 amide bonds. The Balaban J connectivity index is 2.49. The summed E-state index contributed by atoms with van der Waals surface area (Å²) in [6, 6.07) is 1.24. The Morgan fingerprint density at radius 3 is 2.29 bits per heavy atom. The number of ether oxygens (including phenoxy) is 1. The molecule has 0 aromatic heterocycles. The topological polar surface area (TPSA) is 24.5 Å². The van der Waals surface area contributed by atoms with Gasteiger partial charge < -0.3 is 10.1 Å². The van der Waals surface area contributed by atoms with Gasteiger partial charge in [0.15, 0.2) is 0 Å². The van der Waals surface area contributed by atoms with E-state index in [-0.39, 0.29) is 0 Å². The lowest BCUT2D eigenvalue weighted by Crippen LogP contribution is -2.53. The van der Waals surface area contributed by atoms with Crippen LogP contribution >= 0.6 is 0 Å². The molecule has 1 aliphatic heterocycles. The lowest BCUT2D eigenvalue weighted by Gasteiger charge is -2.40. The van der Waals surface area contributed by atoms with E-state index in [2.05, 4.69) is 44.8 Å². The molecule has 1 saturated heterocycles. The molecule has 0 aromatic carbocycles. The SMILES string of the molecule is CCCC(CNC(C)C)N1CC(C)OC(C)C1. The van der Waals surface area contributed by atoms with Crippen LogP contribution in [0.5, 0.6) is 0 Å². The number of nitrogens with zero attached hydrogens (tertiary/aromatic N) is 1. The van der Waals surface area contributed by atoms with Crippen LogP contribution in [0.3, 0.4) is 0 Å². The zero-order valence-corrected chi connectivity index (χ0v) is 12.2. The van der Waals surface area contributed by atoms with Crippen LogP contribution in [0.15, 0.2) is 0 Å². The van der Waals surface area contributed by atoms with E-state index in [0.29, 0.717) is 24.3 Å². The molecular formula is C14H30N2O. The Morgan fingerprint density at radius 2 is 1.82 bits per heavy atom. The van der Waals surface area contributed by atoms with E-state index >= 15 is 0 Å². The van der Waals surface area contributed by atoms with Crippen LogP contribution in [0.1, 0.15) is 47.5 Å². The Morgan fingerprint density at radius 1 is 1.24 bits per heavy atom. The second kappa shape index (κ2) is 7.34. The Hall–Kier alpha value is -0.120. The Kier molecular flexibility index (Phi) is 6.45. The number of hydrogen-bond acceptors (Lipinski definition) is 3. The first-order chi connectivity index (χ1) is 8.02. The van der Waals surface area contributed by atoms with Crippen LogP contribution in [-0.4, -0.2) is 48.8 Å². The molecule has 1 fully saturated rings. The van der Waals surface area contributed by atoms with Gasteiger partial charge in [0.25, 0.3) is 0 Å². The molecule has 102 valence electrons. The van der Waals surface area contributed by atoms with Crippen LogP contribution in [0, 0.1) is 0 Å². The molecule has 1 aliphatic rings. The predicted octanol–water partition coefficient (Wildman–Crippen LogP) is 2.26. The monoisotopic (exact) mass is 242 g/mol. The average Bonchev–Trinajstić information content (AvgIpc) is 2.22. The molecule has 1 rings (SSSR count). The maximum Gasteiger partial charge on any atom is 0.0678 e. The molecule has 0 bridgehead atoms. The first-order valence-electron chi connectivity index (χ1n) is 7.15. The first kappa shape index (κ1) is 14.9. The van der Waals surface area contributed by atoms with Gasteiger partial charge in [-0.05, 0) is 20.3 Å². The predicted molar refractivity (Wildman–Crippen MR) is 73.4 cm³/mol. The molecule has 0 aliphatic carbocycles. The summed E-state index contributed by atoms with van der Waals surface area (Å²) in [6.07, 6.45) is 3.28. The minimum absolute atomic E-state index is 0.372. The lowest BCUT2D eigenvalue weighted by molar-refractivity contribution is -0.0810. The van der Waals surface area contributed by atoms with E-state index < -0.39 is 0 Å². The molecule has 0 radical (unpaired) electrons. The van der Waals surface area contributed by atoms with Crippen molar-refractivity contribution in [3.8, 4) is 0 Å². The number of hydrogen-bond donors (Lipinski definition) is 1. The van der Waals surface area contributed by atoms with Gasteiger partial charge in [0.05, 0.1) is 12.2 Å². The molecule has 0 spiro atoms. The minimum Gasteiger partial charge on any atom is -0.373 e. The fraction of sp³-hybridized carbons (Fsp3) is 1.00. The van der Waals surface area contributed by atoms with E-state index in [9.17, 15) is 0 Å². The average molecular weight is 242 g/mol. The van der Waals surface area contributed by atoms with Gasteiger partial charge in [-0.15, -0.1) is 0 Å². The summed E-state index contributed by atoms with van der Waals surface area (Å²) in [5, 5.41) is 3.57. The van der Waals surface area contributed by atoms with Gasteiger partial charge in [-0.1, -0.05) is 27.2 Å². The number of rotatable bonds is 6. The molecule has 0 saturated carbocycles. The van der Waals surface area contributed by atoms with Crippen molar-refractivity contribution < 1.29 is 4.74 Å². The third-order valence-corrected chi connectivity index (χ3v) is 3.35. The van der Waals surface area contributed by atoms with Crippen molar-refractivity contribution in [2.24, 2.45) is 0 Å². The highest BCUT2D eigenvalue weighted by Crippen LogP contribution is 2.16. The lowest BCUT2D eigenvalue weighted by atomic mass is 10.1. The minimum atomic E-state index is 0.372. The molecule has 17 heavy (non-hydrogen) atoms. The van der Waals surface area contributed by atoms with Gasteiger partial charge in [-0.3, -0.25) is 4.90 Å². The van der Waals surface area contributed by atoms with Gasteiger partial charge >= 0.3 is 0 Å². The van der Waals surface area contributed by atoms with E-state index in [0.717, 1.165) is 19.6 Å². The third kappa shape index (κ3) is 5.36. The van der Waals surface area contributed by atoms with Crippen molar-refractivity contribution >= 4 is 0 Å². The maximum atomic E-state index is 5.81. The van der Waals surface area contributed by atoms with Gasteiger partial charge in [0, 0.05) is 31.7 Å². The fourth-order valence-corrected chi connectivity index (χ4v) is 2.63. The molecule has 1 N–H and O–H groups in total. The van der Waals surface area contributed by atoms with Crippen LogP contribution in [-0.2, 0) is 4.74 Å². The summed E-state index contributed by atoms with van der Waals surface area (Å²) in [6.45, 7) is 14.3. The quantitative estimate of drug-likeness (QED) is 0.773. The molecular weight excluding hydrogens is 212 g/mol. The molecule has 1 heterocycles. The number of nitrogens with one attached hydrogen (secondary N) is 1. The standard InChI is InChI=1S/C14H30N2O/c1-6-7-14(8-15-11(2)3)16-9-12(4)17-13(5)10-16/h11-15H,6-10H2,1-5H3. The van der Waals surface area contributed by atoms with Crippen LogP contribution < -0.4 is 5.32 Å².